The average Bonchev–Trinajstić information content (AvgIpc) is 2.96. The highest BCUT2D eigenvalue weighted by molar-refractivity contribution is 7.91. The Labute approximate surface area is 101 Å². The van der Waals surface area contributed by atoms with Gasteiger partial charge in [0, 0.05) is 5.39 Å². The highest BCUT2D eigenvalue weighted by atomic mass is 32.2. The number of aromatic nitrogens is 4. The number of fused-ring (bicyclic) bond motifs is 1. The molecule has 0 fully saturated rings. The summed E-state index contributed by atoms with van der Waals surface area (Å²) in [6.45, 7) is 0. The summed E-state index contributed by atoms with van der Waals surface area (Å²) in [5, 5.41) is 7.92. The molecule has 0 saturated carbocycles. The van der Waals surface area contributed by atoms with E-state index in [2.05, 4.69) is 24.5 Å². The smallest absolute Gasteiger partial charge is 0.341 e. The molecular weight excluding hydrogens is 258 g/mol. The zero-order valence-electron chi connectivity index (χ0n) is 8.89. The molecule has 8 nitrogen and oxygen atoms in total. The van der Waals surface area contributed by atoms with Crippen LogP contribution in [-0.2, 0) is 10.2 Å². The Hall–Kier alpha value is -2.42. The number of nitrogens with zero attached hydrogens (tertiary/aromatic N) is 4. The minimum atomic E-state index is -3.90. The molecule has 9 heteroatoms. The van der Waals surface area contributed by atoms with Gasteiger partial charge in [-0.15, -0.1) is 4.09 Å². The Morgan fingerprint density at radius 1 is 1.28 bits per heavy atom. The van der Waals surface area contributed by atoms with Gasteiger partial charge in [0.15, 0.2) is 0 Å². The van der Waals surface area contributed by atoms with Crippen molar-refractivity contribution in [2.75, 3.05) is 4.72 Å². The van der Waals surface area contributed by atoms with E-state index in [4.69, 9.17) is 0 Å². The average molecular weight is 265 g/mol. The summed E-state index contributed by atoms with van der Waals surface area (Å²) in [5.41, 5.74) is 0.466. The van der Waals surface area contributed by atoms with Crippen molar-refractivity contribution in [1.29, 1.82) is 0 Å². The maximum absolute atomic E-state index is 12.0. The summed E-state index contributed by atoms with van der Waals surface area (Å²) in [7, 11) is -3.90. The van der Waals surface area contributed by atoms with Crippen molar-refractivity contribution in [1.82, 2.24) is 19.3 Å². The minimum Gasteiger partial charge on any atom is -0.341 e. The molecule has 1 aromatic carbocycles. The topological polar surface area (TPSA) is 103 Å². The second-order valence-electron chi connectivity index (χ2n) is 3.41. The summed E-state index contributed by atoms with van der Waals surface area (Å²) in [6, 6.07) is 6.94. The lowest BCUT2D eigenvalue weighted by molar-refractivity contribution is 0.419. The van der Waals surface area contributed by atoms with E-state index in [9.17, 15) is 8.42 Å². The number of rotatable bonds is 3. The number of benzene rings is 1. The van der Waals surface area contributed by atoms with Crippen LogP contribution >= 0.6 is 0 Å². The van der Waals surface area contributed by atoms with Crippen molar-refractivity contribution in [3.05, 3.63) is 36.9 Å². The van der Waals surface area contributed by atoms with Gasteiger partial charge in [-0.05, 0) is 11.2 Å². The Bertz CT molecular complexity index is 778. The number of anilines is 1. The van der Waals surface area contributed by atoms with Gasteiger partial charge in [-0.3, -0.25) is 0 Å². The van der Waals surface area contributed by atoms with E-state index in [0.717, 1.165) is 15.9 Å². The maximum Gasteiger partial charge on any atom is 0.345 e. The van der Waals surface area contributed by atoms with Gasteiger partial charge in [0.05, 0.1) is 11.7 Å². The summed E-state index contributed by atoms with van der Waals surface area (Å²) >= 11 is 0. The number of nitrogens with one attached hydrogen (secondary N) is 1. The normalized spacial score (nSPS) is 11.8. The third-order valence-corrected chi connectivity index (χ3v) is 3.44. The molecule has 1 N–H and O–H groups in total. The van der Waals surface area contributed by atoms with Crippen molar-refractivity contribution in [3.63, 3.8) is 0 Å². The third kappa shape index (κ3) is 1.70. The second kappa shape index (κ2) is 3.81. The van der Waals surface area contributed by atoms with E-state index >= 15 is 0 Å². The fourth-order valence-corrected chi connectivity index (χ4v) is 2.52. The van der Waals surface area contributed by atoms with Crippen LogP contribution in [0.15, 0.2) is 41.4 Å². The molecule has 0 aliphatic heterocycles. The predicted octanol–water partition coefficient (Wildman–Crippen LogP) is 0.624. The van der Waals surface area contributed by atoms with E-state index in [1.54, 1.807) is 24.3 Å². The Morgan fingerprint density at radius 2 is 2.11 bits per heavy atom. The standard InChI is InChI=1S/C9H7N5O3S/c15-18(16,13-9-10-6-17-12-9)14-8-4-2-1-3-7(8)5-11-14/h1-6H,(H,12,13). The van der Waals surface area contributed by atoms with Gasteiger partial charge in [-0.1, -0.05) is 18.2 Å². The van der Waals surface area contributed by atoms with Crippen LogP contribution in [-0.4, -0.2) is 27.7 Å². The third-order valence-electron chi connectivity index (χ3n) is 2.25. The minimum absolute atomic E-state index is 0.144. The molecule has 18 heavy (non-hydrogen) atoms. The van der Waals surface area contributed by atoms with Crippen molar-refractivity contribution in [2.24, 2.45) is 0 Å². The largest absolute Gasteiger partial charge is 0.345 e. The molecule has 0 spiro atoms. The Morgan fingerprint density at radius 3 is 2.89 bits per heavy atom. The highest BCUT2D eigenvalue weighted by Crippen LogP contribution is 2.15. The lowest BCUT2D eigenvalue weighted by atomic mass is 10.3. The van der Waals surface area contributed by atoms with Crippen LogP contribution in [0.4, 0.5) is 5.95 Å². The lowest BCUT2D eigenvalue weighted by Gasteiger charge is -2.04. The molecule has 0 unspecified atom stereocenters. The van der Waals surface area contributed by atoms with Crippen LogP contribution in [0.25, 0.3) is 10.9 Å². The fraction of sp³-hybridized carbons (Fsp3) is 0. The van der Waals surface area contributed by atoms with Gasteiger partial charge >= 0.3 is 10.2 Å². The number of para-hydroxylation sites is 1. The van der Waals surface area contributed by atoms with Crippen LogP contribution in [0.1, 0.15) is 0 Å². The summed E-state index contributed by atoms with van der Waals surface area (Å²) in [6.07, 6.45) is 2.49. The first-order chi connectivity index (χ1) is 8.67. The van der Waals surface area contributed by atoms with Gasteiger partial charge in [0.2, 0.25) is 6.39 Å². The summed E-state index contributed by atoms with van der Waals surface area (Å²) in [4.78, 5) is 3.58. The number of hydrogen-bond donors (Lipinski definition) is 1. The quantitative estimate of drug-likeness (QED) is 0.744. The molecule has 0 amide bonds. The zero-order chi connectivity index (χ0) is 12.6. The molecular formula is C9H7N5O3S. The van der Waals surface area contributed by atoms with Crippen LogP contribution in [0.2, 0.25) is 0 Å². The summed E-state index contributed by atoms with van der Waals surface area (Å²) in [5.74, 6) is -0.144. The van der Waals surface area contributed by atoms with Gasteiger partial charge in [0.1, 0.15) is 0 Å². The molecule has 0 saturated heterocycles. The van der Waals surface area contributed by atoms with Crippen LogP contribution in [0.5, 0.6) is 0 Å². The fourth-order valence-electron chi connectivity index (χ4n) is 1.51. The van der Waals surface area contributed by atoms with Gasteiger partial charge < -0.3 is 4.52 Å². The Balaban J connectivity index is 2.08. The van der Waals surface area contributed by atoms with Gasteiger partial charge in [-0.25, -0.2) is 4.72 Å². The molecule has 2 heterocycles. The molecule has 3 aromatic rings. The Kier molecular flexibility index (Phi) is 2.27. The van der Waals surface area contributed by atoms with Crippen LogP contribution < -0.4 is 4.72 Å². The van der Waals surface area contributed by atoms with E-state index < -0.39 is 10.2 Å². The number of hydrogen-bond acceptors (Lipinski definition) is 6. The van der Waals surface area contributed by atoms with E-state index in [0.29, 0.717) is 5.52 Å². The molecule has 3 rings (SSSR count). The van der Waals surface area contributed by atoms with E-state index in [1.165, 1.54) is 6.20 Å². The highest BCUT2D eigenvalue weighted by Gasteiger charge is 2.18. The SMILES string of the molecule is O=S(=O)(Nc1ncon1)n1ncc2ccccc21. The second-order valence-corrected chi connectivity index (χ2v) is 4.91. The summed E-state index contributed by atoms with van der Waals surface area (Å²) < 4.78 is 31.6. The van der Waals surface area contributed by atoms with Crippen molar-refractivity contribution in [2.45, 2.75) is 0 Å². The van der Waals surface area contributed by atoms with Gasteiger partial charge in [-0.2, -0.15) is 18.5 Å². The first-order valence-corrected chi connectivity index (χ1v) is 6.33. The molecule has 0 aliphatic carbocycles. The molecule has 2 aromatic heterocycles. The lowest BCUT2D eigenvalue weighted by Crippen LogP contribution is -2.23. The zero-order valence-corrected chi connectivity index (χ0v) is 9.70. The first kappa shape index (κ1) is 10.7. The molecule has 0 aliphatic rings. The molecule has 92 valence electrons. The van der Waals surface area contributed by atoms with Crippen molar-refractivity contribution >= 4 is 27.1 Å². The van der Waals surface area contributed by atoms with Gasteiger partial charge in [0.25, 0.3) is 5.95 Å². The molecule has 0 radical (unpaired) electrons. The predicted molar refractivity (Wildman–Crippen MR) is 62.0 cm³/mol. The van der Waals surface area contributed by atoms with Crippen molar-refractivity contribution in [3.8, 4) is 0 Å². The molecule has 0 atom stereocenters. The van der Waals surface area contributed by atoms with Crippen molar-refractivity contribution < 1.29 is 12.9 Å². The first-order valence-electron chi connectivity index (χ1n) is 4.89. The van der Waals surface area contributed by atoms with Crippen LogP contribution in [0, 0.1) is 0 Å². The van der Waals surface area contributed by atoms with Crippen LogP contribution in [0.3, 0.4) is 0 Å². The monoisotopic (exact) mass is 265 g/mol. The van der Waals surface area contributed by atoms with E-state index in [-0.39, 0.29) is 5.95 Å². The van der Waals surface area contributed by atoms with E-state index in [1.807, 2.05) is 0 Å². The molecule has 0 bridgehead atoms. The maximum atomic E-state index is 12.0.